The predicted molar refractivity (Wildman–Crippen MR) is 83.2 cm³/mol. The normalized spacial score (nSPS) is 15.2. The van der Waals surface area contributed by atoms with E-state index in [4.69, 9.17) is 4.74 Å². The van der Waals surface area contributed by atoms with Crippen LogP contribution in [-0.4, -0.2) is 38.8 Å². The zero-order chi connectivity index (χ0) is 14.4. The molecule has 20 heavy (non-hydrogen) atoms. The van der Waals surface area contributed by atoms with Gasteiger partial charge in [-0.15, -0.1) is 0 Å². The van der Waals surface area contributed by atoms with E-state index in [0.717, 1.165) is 38.0 Å². The minimum Gasteiger partial charge on any atom is -0.383 e. The standard InChI is InChI=1S/C16H27N3O/c1-13-9-15(10-17-7-8-20-3)11-18-16(13)19(2)12-14-5-4-6-14/h9,11,14,17H,4-8,10,12H2,1-3H3. The first-order valence-corrected chi connectivity index (χ1v) is 7.57. The lowest BCUT2D eigenvalue weighted by Crippen LogP contribution is -2.30. The summed E-state index contributed by atoms with van der Waals surface area (Å²) >= 11 is 0. The van der Waals surface area contributed by atoms with Gasteiger partial charge in [0.05, 0.1) is 6.61 Å². The summed E-state index contributed by atoms with van der Waals surface area (Å²) in [5.74, 6) is 1.99. The molecule has 0 bridgehead atoms. The summed E-state index contributed by atoms with van der Waals surface area (Å²) in [6, 6.07) is 2.24. The molecule has 0 aliphatic heterocycles. The van der Waals surface area contributed by atoms with Crippen LogP contribution in [0.3, 0.4) is 0 Å². The number of pyridine rings is 1. The Kier molecular flexibility index (Phi) is 5.80. The van der Waals surface area contributed by atoms with Gasteiger partial charge in [-0.25, -0.2) is 4.98 Å². The summed E-state index contributed by atoms with van der Waals surface area (Å²) in [5, 5.41) is 3.35. The SMILES string of the molecule is COCCNCc1cnc(N(C)CC2CCC2)c(C)c1. The highest BCUT2D eigenvalue weighted by atomic mass is 16.5. The molecule has 2 rings (SSSR count). The second-order valence-electron chi connectivity index (χ2n) is 5.83. The van der Waals surface area contributed by atoms with Crippen molar-refractivity contribution in [3.8, 4) is 0 Å². The Balaban J connectivity index is 1.87. The lowest BCUT2D eigenvalue weighted by Gasteiger charge is -2.31. The summed E-state index contributed by atoms with van der Waals surface area (Å²) in [7, 11) is 3.88. The first-order chi connectivity index (χ1) is 9.70. The minimum atomic E-state index is 0.745. The van der Waals surface area contributed by atoms with Crippen molar-refractivity contribution in [3.63, 3.8) is 0 Å². The molecule has 0 radical (unpaired) electrons. The van der Waals surface area contributed by atoms with Gasteiger partial charge in [0.25, 0.3) is 0 Å². The van der Waals surface area contributed by atoms with Crippen molar-refractivity contribution >= 4 is 5.82 Å². The fraction of sp³-hybridized carbons (Fsp3) is 0.688. The third-order valence-electron chi connectivity index (χ3n) is 4.04. The monoisotopic (exact) mass is 277 g/mol. The van der Waals surface area contributed by atoms with Gasteiger partial charge < -0.3 is 15.0 Å². The molecule has 4 heteroatoms. The van der Waals surface area contributed by atoms with Gasteiger partial charge >= 0.3 is 0 Å². The minimum absolute atomic E-state index is 0.745. The number of anilines is 1. The van der Waals surface area contributed by atoms with Crippen molar-refractivity contribution in [2.45, 2.75) is 32.7 Å². The molecule has 1 aliphatic rings. The predicted octanol–water partition coefficient (Wildman–Crippen LogP) is 2.36. The third kappa shape index (κ3) is 4.18. The molecular formula is C16H27N3O. The smallest absolute Gasteiger partial charge is 0.131 e. The van der Waals surface area contributed by atoms with Crippen LogP contribution in [0.5, 0.6) is 0 Å². The fourth-order valence-electron chi connectivity index (χ4n) is 2.68. The maximum Gasteiger partial charge on any atom is 0.131 e. The number of hydrogen-bond acceptors (Lipinski definition) is 4. The van der Waals surface area contributed by atoms with Crippen molar-refractivity contribution in [2.75, 3.05) is 38.8 Å². The molecular weight excluding hydrogens is 250 g/mol. The first-order valence-electron chi connectivity index (χ1n) is 7.57. The molecule has 0 spiro atoms. The average molecular weight is 277 g/mol. The zero-order valence-corrected chi connectivity index (χ0v) is 13.0. The highest BCUT2D eigenvalue weighted by Gasteiger charge is 2.20. The Morgan fingerprint density at radius 3 is 2.85 bits per heavy atom. The van der Waals surface area contributed by atoms with Crippen LogP contribution in [0.1, 0.15) is 30.4 Å². The van der Waals surface area contributed by atoms with E-state index in [1.807, 2.05) is 6.20 Å². The Hall–Kier alpha value is -1.13. The topological polar surface area (TPSA) is 37.4 Å². The van der Waals surface area contributed by atoms with E-state index in [0.29, 0.717) is 0 Å². The van der Waals surface area contributed by atoms with Gasteiger partial charge in [-0.1, -0.05) is 6.42 Å². The highest BCUT2D eigenvalue weighted by Crippen LogP contribution is 2.28. The Labute approximate surface area is 122 Å². The number of nitrogens with one attached hydrogen (secondary N) is 1. The lowest BCUT2D eigenvalue weighted by atomic mass is 9.85. The maximum absolute atomic E-state index is 5.02. The van der Waals surface area contributed by atoms with E-state index in [2.05, 4.69) is 35.2 Å². The number of ether oxygens (including phenoxy) is 1. The molecule has 1 N–H and O–H groups in total. The van der Waals surface area contributed by atoms with Gasteiger partial charge in [-0.2, -0.15) is 0 Å². The summed E-state index contributed by atoms with van der Waals surface area (Å²) in [5.41, 5.74) is 2.50. The van der Waals surface area contributed by atoms with Crippen molar-refractivity contribution < 1.29 is 4.74 Å². The quantitative estimate of drug-likeness (QED) is 0.740. The van der Waals surface area contributed by atoms with Gasteiger partial charge in [0.1, 0.15) is 5.82 Å². The lowest BCUT2D eigenvalue weighted by molar-refractivity contribution is 0.199. The molecule has 0 aromatic carbocycles. The molecule has 4 nitrogen and oxygen atoms in total. The van der Waals surface area contributed by atoms with Gasteiger partial charge in [0.15, 0.2) is 0 Å². The van der Waals surface area contributed by atoms with E-state index in [1.54, 1.807) is 7.11 Å². The van der Waals surface area contributed by atoms with Gasteiger partial charge in [0.2, 0.25) is 0 Å². The zero-order valence-electron chi connectivity index (χ0n) is 13.0. The Morgan fingerprint density at radius 2 is 2.25 bits per heavy atom. The summed E-state index contributed by atoms with van der Waals surface area (Å²) in [6.07, 6.45) is 6.15. The van der Waals surface area contributed by atoms with Crippen molar-refractivity contribution in [3.05, 3.63) is 23.4 Å². The second kappa shape index (κ2) is 7.60. The largest absolute Gasteiger partial charge is 0.383 e. The van der Waals surface area contributed by atoms with Crippen molar-refractivity contribution in [1.29, 1.82) is 0 Å². The number of aryl methyl sites for hydroxylation is 1. The number of aromatic nitrogens is 1. The molecule has 1 saturated carbocycles. The summed E-state index contributed by atoms with van der Waals surface area (Å²) in [6.45, 7) is 5.76. The molecule has 1 heterocycles. The van der Waals surface area contributed by atoms with Crippen LogP contribution in [0.4, 0.5) is 5.82 Å². The summed E-state index contributed by atoms with van der Waals surface area (Å²) < 4.78 is 5.02. The Bertz CT molecular complexity index is 418. The fourth-order valence-corrected chi connectivity index (χ4v) is 2.68. The van der Waals surface area contributed by atoms with E-state index in [-0.39, 0.29) is 0 Å². The molecule has 1 aromatic heterocycles. The van der Waals surface area contributed by atoms with Crippen LogP contribution in [0.2, 0.25) is 0 Å². The van der Waals surface area contributed by atoms with Crippen molar-refractivity contribution in [2.24, 2.45) is 5.92 Å². The molecule has 1 fully saturated rings. The molecule has 1 aromatic rings. The molecule has 0 atom stereocenters. The number of nitrogens with zero attached hydrogens (tertiary/aromatic N) is 2. The highest BCUT2D eigenvalue weighted by molar-refractivity contribution is 5.46. The molecule has 1 aliphatic carbocycles. The van der Waals surface area contributed by atoms with E-state index >= 15 is 0 Å². The van der Waals surface area contributed by atoms with Crippen LogP contribution >= 0.6 is 0 Å². The maximum atomic E-state index is 5.02. The number of methoxy groups -OCH3 is 1. The average Bonchev–Trinajstić information content (AvgIpc) is 2.39. The van der Waals surface area contributed by atoms with Crippen LogP contribution < -0.4 is 10.2 Å². The Morgan fingerprint density at radius 1 is 1.45 bits per heavy atom. The van der Waals surface area contributed by atoms with Crippen LogP contribution in [-0.2, 0) is 11.3 Å². The van der Waals surface area contributed by atoms with Gasteiger partial charge in [-0.3, -0.25) is 0 Å². The summed E-state index contributed by atoms with van der Waals surface area (Å²) in [4.78, 5) is 6.95. The van der Waals surface area contributed by atoms with Crippen molar-refractivity contribution in [1.82, 2.24) is 10.3 Å². The van der Waals surface area contributed by atoms with Gasteiger partial charge in [0, 0.05) is 40.0 Å². The molecule has 0 unspecified atom stereocenters. The van der Waals surface area contributed by atoms with Crippen LogP contribution in [0, 0.1) is 12.8 Å². The van der Waals surface area contributed by atoms with E-state index < -0.39 is 0 Å². The van der Waals surface area contributed by atoms with Crippen LogP contribution in [0.25, 0.3) is 0 Å². The second-order valence-corrected chi connectivity index (χ2v) is 5.83. The van der Waals surface area contributed by atoms with Crippen LogP contribution in [0.15, 0.2) is 12.3 Å². The number of hydrogen-bond donors (Lipinski definition) is 1. The van der Waals surface area contributed by atoms with Gasteiger partial charge in [-0.05, 0) is 42.9 Å². The number of rotatable bonds is 8. The first kappa shape index (κ1) is 15.3. The van der Waals surface area contributed by atoms with E-state index in [1.165, 1.54) is 30.4 Å². The molecule has 0 amide bonds. The molecule has 0 saturated heterocycles. The third-order valence-corrected chi connectivity index (χ3v) is 4.04. The molecule has 112 valence electrons. The van der Waals surface area contributed by atoms with E-state index in [9.17, 15) is 0 Å².